The lowest BCUT2D eigenvalue weighted by molar-refractivity contribution is -0.132. The molecule has 136 valence electrons. The average molecular weight is 520 g/mol. The lowest BCUT2D eigenvalue weighted by Gasteiger charge is -2.16. The molecule has 1 saturated carbocycles. The molecule has 2 rings (SSSR count). The Hall–Kier alpha value is -0.510. The lowest BCUT2D eigenvalue weighted by atomic mass is 9.96. The molecule has 0 heterocycles. The highest BCUT2D eigenvalue weighted by Gasteiger charge is 2.44. The number of nitrogens with zero attached hydrogens (tertiary/aromatic N) is 1. The molecule has 1 fully saturated rings. The second kappa shape index (κ2) is 9.26. The van der Waals surface area contributed by atoms with E-state index in [-0.39, 0.29) is 35.9 Å². The summed E-state index contributed by atoms with van der Waals surface area (Å²) in [6.07, 6.45) is -2.92. The predicted molar refractivity (Wildman–Crippen MR) is 105 cm³/mol. The van der Waals surface area contributed by atoms with Gasteiger partial charge in [0.15, 0.2) is 5.96 Å². The third-order valence-corrected chi connectivity index (χ3v) is 4.37. The van der Waals surface area contributed by atoms with Crippen molar-refractivity contribution in [3.8, 4) is 0 Å². The number of hydrogen-bond acceptors (Lipinski definition) is 1. The maximum atomic E-state index is 12.2. The van der Waals surface area contributed by atoms with Gasteiger partial charge in [0.25, 0.3) is 0 Å². The van der Waals surface area contributed by atoms with Crippen molar-refractivity contribution in [2.45, 2.75) is 37.8 Å². The Kier molecular flexibility index (Phi) is 8.31. The molecule has 1 aliphatic rings. The van der Waals surface area contributed by atoms with E-state index < -0.39 is 12.6 Å². The van der Waals surface area contributed by atoms with Gasteiger partial charge in [0.05, 0.1) is 13.0 Å². The van der Waals surface area contributed by atoms with Gasteiger partial charge in [-0.25, -0.2) is 0 Å². The van der Waals surface area contributed by atoms with Crippen LogP contribution in [-0.4, -0.2) is 31.8 Å². The fourth-order valence-electron chi connectivity index (χ4n) is 2.40. The highest BCUT2D eigenvalue weighted by Crippen LogP contribution is 2.48. The third kappa shape index (κ3) is 6.78. The number of halogens is 5. The Bertz CT molecular complexity index is 560. The van der Waals surface area contributed by atoms with Gasteiger partial charge in [-0.1, -0.05) is 28.1 Å². The van der Waals surface area contributed by atoms with Crippen molar-refractivity contribution in [1.82, 2.24) is 10.6 Å². The van der Waals surface area contributed by atoms with Crippen LogP contribution in [0.25, 0.3) is 0 Å². The van der Waals surface area contributed by atoms with E-state index in [0.717, 1.165) is 17.3 Å². The van der Waals surface area contributed by atoms with Crippen LogP contribution in [0.3, 0.4) is 0 Å². The normalized spacial score (nSPS) is 16.3. The van der Waals surface area contributed by atoms with Crippen LogP contribution in [0.15, 0.2) is 33.7 Å². The van der Waals surface area contributed by atoms with Gasteiger partial charge < -0.3 is 10.6 Å². The Morgan fingerprint density at radius 1 is 1.29 bits per heavy atom. The van der Waals surface area contributed by atoms with Crippen LogP contribution in [-0.2, 0) is 5.41 Å². The SMILES string of the molecule is CCNC(=NCC1(c2cccc(Br)c2)CC1)NCCC(F)(F)F.I. The first-order valence-electron chi connectivity index (χ1n) is 7.70. The summed E-state index contributed by atoms with van der Waals surface area (Å²) in [5, 5.41) is 5.74. The van der Waals surface area contributed by atoms with Crippen LogP contribution in [0.2, 0.25) is 0 Å². The molecule has 3 nitrogen and oxygen atoms in total. The molecule has 0 unspecified atom stereocenters. The second-order valence-electron chi connectivity index (χ2n) is 5.78. The van der Waals surface area contributed by atoms with Crippen molar-refractivity contribution in [2.24, 2.45) is 4.99 Å². The molecule has 1 aromatic carbocycles. The van der Waals surface area contributed by atoms with Crippen molar-refractivity contribution < 1.29 is 13.2 Å². The van der Waals surface area contributed by atoms with E-state index >= 15 is 0 Å². The molecular weight excluding hydrogens is 498 g/mol. The van der Waals surface area contributed by atoms with Crippen LogP contribution < -0.4 is 10.6 Å². The van der Waals surface area contributed by atoms with Crippen LogP contribution in [0.5, 0.6) is 0 Å². The fourth-order valence-corrected chi connectivity index (χ4v) is 2.80. The number of alkyl halides is 3. The Morgan fingerprint density at radius 2 is 2.00 bits per heavy atom. The van der Waals surface area contributed by atoms with E-state index in [1.165, 1.54) is 5.56 Å². The van der Waals surface area contributed by atoms with Gasteiger partial charge in [-0.3, -0.25) is 4.99 Å². The second-order valence-corrected chi connectivity index (χ2v) is 6.69. The summed E-state index contributed by atoms with van der Waals surface area (Å²) < 4.78 is 37.7. The summed E-state index contributed by atoms with van der Waals surface area (Å²) in [7, 11) is 0. The molecule has 0 radical (unpaired) electrons. The molecule has 0 atom stereocenters. The number of guanidine groups is 1. The molecule has 1 aliphatic carbocycles. The zero-order chi connectivity index (χ0) is 16.9. The van der Waals surface area contributed by atoms with Gasteiger partial charge >= 0.3 is 6.18 Å². The molecule has 1 aromatic rings. The minimum absolute atomic E-state index is 0. The summed E-state index contributed by atoms with van der Waals surface area (Å²) in [5.74, 6) is 0.443. The smallest absolute Gasteiger partial charge is 0.357 e. The first-order chi connectivity index (χ1) is 10.8. The van der Waals surface area contributed by atoms with Crippen molar-refractivity contribution in [3.63, 3.8) is 0 Å². The van der Waals surface area contributed by atoms with E-state index in [0.29, 0.717) is 19.0 Å². The van der Waals surface area contributed by atoms with Crippen LogP contribution in [0.4, 0.5) is 13.2 Å². The molecule has 8 heteroatoms. The monoisotopic (exact) mass is 519 g/mol. The summed E-state index contributed by atoms with van der Waals surface area (Å²) in [5.41, 5.74) is 1.25. The van der Waals surface area contributed by atoms with E-state index in [2.05, 4.69) is 43.7 Å². The number of nitrogens with one attached hydrogen (secondary N) is 2. The zero-order valence-corrected chi connectivity index (χ0v) is 17.3. The van der Waals surface area contributed by atoms with E-state index in [4.69, 9.17) is 0 Å². The summed E-state index contributed by atoms with van der Waals surface area (Å²) in [6.45, 7) is 2.91. The maximum Gasteiger partial charge on any atom is 0.390 e. The quantitative estimate of drug-likeness (QED) is 0.327. The van der Waals surface area contributed by atoms with Gasteiger partial charge in [0.1, 0.15) is 0 Å². The first-order valence-corrected chi connectivity index (χ1v) is 8.49. The van der Waals surface area contributed by atoms with Crippen molar-refractivity contribution >= 4 is 45.9 Å². The molecule has 0 saturated heterocycles. The van der Waals surface area contributed by atoms with Crippen LogP contribution >= 0.6 is 39.9 Å². The Labute approximate surface area is 166 Å². The maximum absolute atomic E-state index is 12.2. The summed E-state index contributed by atoms with van der Waals surface area (Å²) >= 11 is 3.47. The number of hydrogen-bond donors (Lipinski definition) is 2. The van der Waals surface area contributed by atoms with E-state index in [1.807, 2.05) is 19.1 Å². The number of benzene rings is 1. The molecule has 0 amide bonds. The Balaban J connectivity index is 0.00000288. The summed E-state index contributed by atoms with van der Waals surface area (Å²) in [6, 6.07) is 8.14. The third-order valence-electron chi connectivity index (χ3n) is 3.88. The van der Waals surface area contributed by atoms with Gasteiger partial charge in [0.2, 0.25) is 0 Å². The van der Waals surface area contributed by atoms with Crippen LogP contribution in [0.1, 0.15) is 31.7 Å². The van der Waals surface area contributed by atoms with Gasteiger partial charge in [0, 0.05) is 23.0 Å². The number of rotatable bonds is 6. The van der Waals surface area contributed by atoms with Crippen molar-refractivity contribution in [3.05, 3.63) is 34.3 Å². The molecular formula is C16H22BrF3IN3. The zero-order valence-electron chi connectivity index (χ0n) is 13.4. The minimum Gasteiger partial charge on any atom is -0.357 e. The predicted octanol–water partition coefficient (Wildman–Crippen LogP) is 4.61. The van der Waals surface area contributed by atoms with Crippen molar-refractivity contribution in [1.29, 1.82) is 0 Å². The minimum atomic E-state index is -4.15. The highest BCUT2D eigenvalue weighted by atomic mass is 127. The molecule has 24 heavy (non-hydrogen) atoms. The molecule has 2 N–H and O–H groups in total. The van der Waals surface area contributed by atoms with Gasteiger partial charge in [-0.05, 0) is 37.5 Å². The van der Waals surface area contributed by atoms with Gasteiger partial charge in [-0.15, -0.1) is 24.0 Å². The van der Waals surface area contributed by atoms with E-state index in [9.17, 15) is 13.2 Å². The first kappa shape index (κ1) is 21.5. The average Bonchev–Trinajstić information content (AvgIpc) is 3.25. The molecule has 0 aromatic heterocycles. The molecule has 0 aliphatic heterocycles. The highest BCUT2D eigenvalue weighted by molar-refractivity contribution is 14.0. The number of aliphatic imine (C=N–C) groups is 1. The van der Waals surface area contributed by atoms with E-state index in [1.54, 1.807) is 0 Å². The topological polar surface area (TPSA) is 36.4 Å². The Morgan fingerprint density at radius 3 is 2.54 bits per heavy atom. The largest absolute Gasteiger partial charge is 0.390 e. The molecule has 0 bridgehead atoms. The van der Waals surface area contributed by atoms with Crippen molar-refractivity contribution in [2.75, 3.05) is 19.6 Å². The van der Waals surface area contributed by atoms with Crippen LogP contribution in [0, 0.1) is 0 Å². The fraction of sp³-hybridized carbons (Fsp3) is 0.562. The molecule has 0 spiro atoms. The summed E-state index contributed by atoms with van der Waals surface area (Å²) in [4.78, 5) is 4.49. The standard InChI is InChI=1S/C16H21BrF3N3.HI/c1-2-21-14(22-9-8-16(18,19)20)23-11-15(6-7-15)12-4-3-5-13(17)10-12;/h3-5,10H,2,6-9,11H2,1H3,(H2,21,22,23);1H. The van der Waals surface area contributed by atoms with Gasteiger partial charge in [-0.2, -0.15) is 13.2 Å². The lowest BCUT2D eigenvalue weighted by Crippen LogP contribution is -2.39.